The van der Waals surface area contributed by atoms with Crippen LogP contribution in [0, 0.1) is 6.92 Å². The third-order valence-corrected chi connectivity index (χ3v) is 2.77. The summed E-state index contributed by atoms with van der Waals surface area (Å²) in [5.41, 5.74) is 6.88. The molecular weight excluding hydrogens is 256 g/mol. The van der Waals surface area contributed by atoms with Crippen LogP contribution in [0.4, 0.5) is 0 Å². The molecule has 1 aromatic rings. The molecule has 0 aromatic heterocycles. The van der Waals surface area contributed by atoms with Crippen LogP contribution >= 0.6 is 23.8 Å². The lowest BCUT2D eigenvalue weighted by Crippen LogP contribution is -2.25. The summed E-state index contributed by atoms with van der Waals surface area (Å²) < 4.78 is 0. The van der Waals surface area contributed by atoms with Crippen LogP contribution in [-0.4, -0.2) is 17.4 Å². The maximum atomic E-state index is 11.8. The van der Waals surface area contributed by atoms with Crippen molar-refractivity contribution in [2.45, 2.75) is 19.8 Å². The van der Waals surface area contributed by atoms with E-state index in [2.05, 4.69) is 5.32 Å². The summed E-state index contributed by atoms with van der Waals surface area (Å²) in [5, 5.41) is 3.25. The van der Waals surface area contributed by atoms with E-state index in [0.29, 0.717) is 28.5 Å². The molecule has 0 fully saturated rings. The number of carbonyl (C=O) groups excluding carboxylic acids is 1. The molecule has 0 aliphatic heterocycles. The second-order valence-corrected chi connectivity index (χ2v) is 4.74. The molecule has 0 saturated carbocycles. The average Bonchev–Trinajstić information content (AvgIpc) is 2.23. The van der Waals surface area contributed by atoms with Gasteiger partial charge in [-0.25, -0.2) is 0 Å². The first kappa shape index (κ1) is 13.9. The van der Waals surface area contributed by atoms with Gasteiger partial charge < -0.3 is 11.1 Å². The van der Waals surface area contributed by atoms with Gasteiger partial charge in [-0.3, -0.25) is 4.79 Å². The van der Waals surface area contributed by atoms with Crippen molar-refractivity contribution >= 4 is 34.7 Å². The van der Waals surface area contributed by atoms with Crippen molar-refractivity contribution in [1.82, 2.24) is 5.32 Å². The number of amides is 1. The molecular formula is C12H15ClN2OS. The standard InChI is InChI=1S/C12H15ClN2OS/c1-8-4-5-9(10(13)7-8)12(16)15-6-2-3-11(14)17/h4-5,7H,2-3,6H2,1H3,(H2,14,17)(H,15,16). The number of nitrogens with one attached hydrogen (secondary N) is 1. The second-order valence-electron chi connectivity index (χ2n) is 3.81. The van der Waals surface area contributed by atoms with Crippen molar-refractivity contribution in [1.29, 1.82) is 0 Å². The van der Waals surface area contributed by atoms with Gasteiger partial charge in [0.1, 0.15) is 0 Å². The fraction of sp³-hybridized carbons (Fsp3) is 0.333. The summed E-state index contributed by atoms with van der Waals surface area (Å²) in [7, 11) is 0. The Morgan fingerprint density at radius 2 is 2.24 bits per heavy atom. The van der Waals surface area contributed by atoms with E-state index in [0.717, 1.165) is 12.0 Å². The minimum atomic E-state index is -0.169. The number of thiocarbonyl (C=S) groups is 1. The van der Waals surface area contributed by atoms with Crippen molar-refractivity contribution < 1.29 is 4.79 Å². The van der Waals surface area contributed by atoms with Gasteiger partial charge in [-0.2, -0.15) is 0 Å². The summed E-state index contributed by atoms with van der Waals surface area (Å²) in [5.74, 6) is -0.169. The smallest absolute Gasteiger partial charge is 0.252 e. The first-order chi connectivity index (χ1) is 8.00. The Morgan fingerprint density at radius 3 is 2.82 bits per heavy atom. The molecule has 1 rings (SSSR count). The van der Waals surface area contributed by atoms with Crippen LogP contribution in [0.15, 0.2) is 18.2 Å². The fourth-order valence-corrected chi connectivity index (χ4v) is 1.83. The second kappa shape index (κ2) is 6.57. The van der Waals surface area contributed by atoms with Gasteiger partial charge in [0.05, 0.1) is 15.6 Å². The van der Waals surface area contributed by atoms with E-state index in [4.69, 9.17) is 29.6 Å². The molecule has 0 bridgehead atoms. The maximum Gasteiger partial charge on any atom is 0.252 e. The van der Waals surface area contributed by atoms with Gasteiger partial charge in [0.15, 0.2) is 0 Å². The van der Waals surface area contributed by atoms with Crippen molar-refractivity contribution in [2.24, 2.45) is 5.73 Å². The lowest BCUT2D eigenvalue weighted by Gasteiger charge is -2.07. The van der Waals surface area contributed by atoms with Gasteiger partial charge in [0, 0.05) is 6.54 Å². The topological polar surface area (TPSA) is 55.1 Å². The average molecular weight is 271 g/mol. The first-order valence-electron chi connectivity index (χ1n) is 5.33. The number of benzene rings is 1. The molecule has 1 amide bonds. The van der Waals surface area contributed by atoms with E-state index < -0.39 is 0 Å². The highest BCUT2D eigenvalue weighted by atomic mass is 35.5. The van der Waals surface area contributed by atoms with Gasteiger partial charge >= 0.3 is 0 Å². The molecule has 0 saturated heterocycles. The highest BCUT2D eigenvalue weighted by Gasteiger charge is 2.09. The molecule has 0 aliphatic rings. The molecule has 3 N–H and O–H groups in total. The van der Waals surface area contributed by atoms with Crippen LogP contribution < -0.4 is 11.1 Å². The predicted octanol–water partition coefficient (Wildman–Crippen LogP) is 2.44. The van der Waals surface area contributed by atoms with Gasteiger partial charge in [0.25, 0.3) is 5.91 Å². The minimum Gasteiger partial charge on any atom is -0.393 e. The molecule has 0 unspecified atom stereocenters. The number of halogens is 1. The summed E-state index contributed by atoms with van der Waals surface area (Å²) in [4.78, 5) is 12.2. The van der Waals surface area contributed by atoms with Crippen molar-refractivity contribution in [3.05, 3.63) is 34.3 Å². The van der Waals surface area contributed by atoms with Crippen LogP contribution in [0.5, 0.6) is 0 Å². The molecule has 0 radical (unpaired) electrons. The number of carbonyl (C=O) groups is 1. The Labute approximate surface area is 111 Å². The summed E-state index contributed by atoms with van der Waals surface area (Å²) in [6.45, 7) is 2.47. The van der Waals surface area contributed by atoms with E-state index in [-0.39, 0.29) is 5.91 Å². The van der Waals surface area contributed by atoms with Crippen molar-refractivity contribution in [3.8, 4) is 0 Å². The number of hydrogen-bond acceptors (Lipinski definition) is 2. The lowest BCUT2D eigenvalue weighted by atomic mass is 10.1. The SMILES string of the molecule is Cc1ccc(C(=O)NCCCC(N)=S)c(Cl)c1. The zero-order chi connectivity index (χ0) is 12.8. The maximum absolute atomic E-state index is 11.8. The first-order valence-corrected chi connectivity index (χ1v) is 6.12. The Kier molecular flexibility index (Phi) is 5.38. The molecule has 3 nitrogen and oxygen atoms in total. The fourth-order valence-electron chi connectivity index (χ4n) is 1.36. The number of hydrogen-bond donors (Lipinski definition) is 2. The third kappa shape index (κ3) is 4.71. The van der Waals surface area contributed by atoms with E-state index >= 15 is 0 Å². The molecule has 17 heavy (non-hydrogen) atoms. The Morgan fingerprint density at radius 1 is 1.53 bits per heavy atom. The summed E-state index contributed by atoms with van der Waals surface area (Å²) in [6.07, 6.45) is 1.38. The van der Waals surface area contributed by atoms with Crippen LogP contribution in [-0.2, 0) is 0 Å². The predicted molar refractivity (Wildman–Crippen MR) is 74.5 cm³/mol. The molecule has 0 atom stereocenters. The molecule has 0 heterocycles. The Balaban J connectivity index is 2.50. The highest BCUT2D eigenvalue weighted by molar-refractivity contribution is 7.80. The minimum absolute atomic E-state index is 0.169. The Bertz CT molecular complexity index is 435. The Hall–Kier alpha value is -1.13. The zero-order valence-corrected chi connectivity index (χ0v) is 11.2. The third-order valence-electron chi connectivity index (χ3n) is 2.25. The molecule has 5 heteroatoms. The molecule has 1 aromatic carbocycles. The number of nitrogens with two attached hydrogens (primary N) is 1. The van der Waals surface area contributed by atoms with E-state index in [9.17, 15) is 4.79 Å². The van der Waals surface area contributed by atoms with E-state index in [1.807, 2.05) is 13.0 Å². The van der Waals surface area contributed by atoms with Crippen LogP contribution in [0.25, 0.3) is 0 Å². The largest absolute Gasteiger partial charge is 0.393 e. The summed E-state index contributed by atoms with van der Waals surface area (Å²) >= 11 is 10.7. The molecule has 0 spiro atoms. The van der Waals surface area contributed by atoms with Gasteiger partial charge in [-0.05, 0) is 37.5 Å². The van der Waals surface area contributed by atoms with Crippen molar-refractivity contribution in [2.75, 3.05) is 6.54 Å². The number of aryl methyl sites for hydroxylation is 1. The zero-order valence-electron chi connectivity index (χ0n) is 9.63. The number of rotatable bonds is 5. The monoisotopic (exact) mass is 270 g/mol. The van der Waals surface area contributed by atoms with Crippen molar-refractivity contribution in [3.63, 3.8) is 0 Å². The van der Waals surface area contributed by atoms with E-state index in [1.165, 1.54) is 0 Å². The van der Waals surface area contributed by atoms with Gasteiger partial charge in [-0.15, -0.1) is 0 Å². The molecule has 92 valence electrons. The quantitative estimate of drug-likeness (QED) is 0.638. The van der Waals surface area contributed by atoms with Crippen LogP contribution in [0.2, 0.25) is 5.02 Å². The normalized spacial score (nSPS) is 10.0. The molecule has 0 aliphatic carbocycles. The van der Waals surface area contributed by atoms with Crippen LogP contribution in [0.1, 0.15) is 28.8 Å². The van der Waals surface area contributed by atoms with E-state index in [1.54, 1.807) is 12.1 Å². The lowest BCUT2D eigenvalue weighted by molar-refractivity contribution is 0.0953. The highest BCUT2D eigenvalue weighted by Crippen LogP contribution is 2.17. The van der Waals surface area contributed by atoms with Gasteiger partial charge in [0.2, 0.25) is 0 Å². The van der Waals surface area contributed by atoms with Gasteiger partial charge in [-0.1, -0.05) is 29.9 Å². The van der Waals surface area contributed by atoms with Crippen LogP contribution in [0.3, 0.4) is 0 Å². The summed E-state index contributed by atoms with van der Waals surface area (Å²) in [6, 6.07) is 5.35.